The van der Waals surface area contributed by atoms with Crippen molar-refractivity contribution in [3.63, 3.8) is 0 Å². The van der Waals surface area contributed by atoms with Gasteiger partial charge in [-0.2, -0.15) is 0 Å². The predicted molar refractivity (Wildman–Crippen MR) is 85.0 cm³/mol. The number of carbonyl (C=O) groups excluding carboxylic acids is 1. The molecule has 0 spiro atoms. The third kappa shape index (κ3) is 3.00. The summed E-state index contributed by atoms with van der Waals surface area (Å²) >= 11 is 1.57. The molecular weight excluding hydrogens is 284 g/mol. The van der Waals surface area contributed by atoms with Gasteiger partial charge in [0.05, 0.1) is 11.0 Å². The number of aromatic nitrogens is 2. The van der Waals surface area contributed by atoms with Crippen molar-refractivity contribution in [3.8, 4) is 0 Å². The molecule has 5 N–H and O–H groups in total. The number of nitrogen functional groups attached to an aromatic ring is 1. The van der Waals surface area contributed by atoms with Gasteiger partial charge in [-0.05, 0) is 35.9 Å². The minimum Gasteiger partial charge on any atom is -0.399 e. The predicted octanol–water partition coefficient (Wildman–Crippen LogP) is 2.54. The number of hydrogen-bond donors (Lipinski definition) is 3. The van der Waals surface area contributed by atoms with Crippen LogP contribution in [0.5, 0.6) is 0 Å². The van der Waals surface area contributed by atoms with E-state index in [0.717, 1.165) is 21.8 Å². The van der Waals surface area contributed by atoms with Crippen LogP contribution in [0.4, 0.5) is 5.69 Å². The summed E-state index contributed by atoms with van der Waals surface area (Å²) in [6.07, 6.45) is 0. The number of aromatic amines is 1. The van der Waals surface area contributed by atoms with Crippen LogP contribution in [-0.2, 0) is 5.75 Å². The van der Waals surface area contributed by atoms with E-state index in [1.807, 2.05) is 30.3 Å². The molecule has 3 rings (SSSR count). The number of primary amides is 1. The third-order valence-electron chi connectivity index (χ3n) is 3.07. The van der Waals surface area contributed by atoms with Crippen LogP contribution >= 0.6 is 11.8 Å². The molecule has 0 bridgehead atoms. The molecule has 1 amide bonds. The van der Waals surface area contributed by atoms with E-state index in [4.69, 9.17) is 11.5 Å². The Hall–Kier alpha value is -2.47. The summed E-state index contributed by atoms with van der Waals surface area (Å²) in [7, 11) is 0. The molecule has 0 saturated heterocycles. The summed E-state index contributed by atoms with van der Waals surface area (Å²) in [5.74, 6) is 0.289. The topological polar surface area (TPSA) is 97.8 Å². The Morgan fingerprint density at radius 2 is 2.10 bits per heavy atom. The molecule has 5 nitrogen and oxygen atoms in total. The highest BCUT2D eigenvalue weighted by Crippen LogP contribution is 2.24. The van der Waals surface area contributed by atoms with Gasteiger partial charge in [0.15, 0.2) is 5.16 Å². The van der Waals surface area contributed by atoms with Crippen LogP contribution in [0, 0.1) is 0 Å². The van der Waals surface area contributed by atoms with Crippen molar-refractivity contribution < 1.29 is 4.79 Å². The monoisotopic (exact) mass is 298 g/mol. The van der Waals surface area contributed by atoms with Gasteiger partial charge in [-0.1, -0.05) is 23.9 Å². The molecule has 0 aliphatic rings. The number of rotatable bonds is 4. The van der Waals surface area contributed by atoms with Gasteiger partial charge in [0, 0.05) is 17.0 Å². The Balaban J connectivity index is 1.77. The van der Waals surface area contributed by atoms with Gasteiger partial charge in [0.25, 0.3) is 0 Å². The number of nitrogens with zero attached hydrogens (tertiary/aromatic N) is 1. The standard InChI is InChI=1S/C15H14N4OS/c16-11-4-5-12-13(7-11)19-15(18-12)21-8-9-2-1-3-10(6-9)14(17)20/h1-7H,8,16H2,(H2,17,20)(H,18,19). The lowest BCUT2D eigenvalue weighted by Crippen LogP contribution is -2.10. The van der Waals surface area contributed by atoms with E-state index in [-0.39, 0.29) is 0 Å². The summed E-state index contributed by atoms with van der Waals surface area (Å²) in [6.45, 7) is 0. The first kappa shape index (κ1) is 13.5. The Labute approximate surface area is 125 Å². The first-order valence-electron chi connectivity index (χ1n) is 6.38. The molecule has 0 radical (unpaired) electrons. The zero-order valence-electron chi connectivity index (χ0n) is 11.2. The average molecular weight is 298 g/mol. The van der Waals surface area contributed by atoms with Crippen LogP contribution in [0.1, 0.15) is 15.9 Å². The van der Waals surface area contributed by atoms with Gasteiger partial charge in [0.1, 0.15) is 0 Å². The Morgan fingerprint density at radius 3 is 2.90 bits per heavy atom. The van der Waals surface area contributed by atoms with Gasteiger partial charge in [-0.25, -0.2) is 4.98 Å². The molecule has 0 saturated carbocycles. The highest BCUT2D eigenvalue weighted by molar-refractivity contribution is 7.98. The Bertz CT molecular complexity index is 812. The largest absolute Gasteiger partial charge is 0.399 e. The van der Waals surface area contributed by atoms with E-state index in [1.165, 1.54) is 0 Å². The summed E-state index contributed by atoms with van der Waals surface area (Å²) < 4.78 is 0. The van der Waals surface area contributed by atoms with Crippen molar-refractivity contribution in [1.82, 2.24) is 9.97 Å². The van der Waals surface area contributed by atoms with Crippen molar-refractivity contribution in [3.05, 3.63) is 53.6 Å². The molecule has 0 aliphatic carbocycles. The Morgan fingerprint density at radius 1 is 1.24 bits per heavy atom. The number of thioether (sulfide) groups is 1. The van der Waals surface area contributed by atoms with Crippen LogP contribution in [0.2, 0.25) is 0 Å². The molecule has 0 unspecified atom stereocenters. The first-order valence-corrected chi connectivity index (χ1v) is 7.37. The van der Waals surface area contributed by atoms with E-state index in [9.17, 15) is 4.79 Å². The molecule has 1 heterocycles. The maximum Gasteiger partial charge on any atom is 0.248 e. The van der Waals surface area contributed by atoms with Crippen LogP contribution in [0.25, 0.3) is 11.0 Å². The maximum atomic E-state index is 11.2. The number of fused-ring (bicyclic) bond motifs is 1. The number of benzene rings is 2. The van der Waals surface area contributed by atoms with E-state index >= 15 is 0 Å². The number of H-pyrrole nitrogens is 1. The second kappa shape index (κ2) is 5.49. The highest BCUT2D eigenvalue weighted by atomic mass is 32.2. The number of nitrogens with two attached hydrogens (primary N) is 2. The lowest BCUT2D eigenvalue weighted by molar-refractivity contribution is 0.1000. The summed E-state index contributed by atoms with van der Waals surface area (Å²) in [4.78, 5) is 18.9. The fraction of sp³-hybridized carbons (Fsp3) is 0.0667. The molecule has 106 valence electrons. The molecule has 0 aliphatic heterocycles. The van der Waals surface area contributed by atoms with Crippen LogP contribution in [0.3, 0.4) is 0 Å². The smallest absolute Gasteiger partial charge is 0.248 e. The fourth-order valence-corrected chi connectivity index (χ4v) is 2.87. The third-order valence-corrected chi connectivity index (χ3v) is 4.02. The van der Waals surface area contributed by atoms with Crippen molar-refractivity contribution in [2.24, 2.45) is 5.73 Å². The quantitative estimate of drug-likeness (QED) is 0.509. The minimum atomic E-state index is -0.416. The second-order valence-corrected chi connectivity index (χ2v) is 5.64. The molecule has 0 fully saturated rings. The second-order valence-electron chi connectivity index (χ2n) is 4.67. The number of anilines is 1. The number of hydrogen-bond acceptors (Lipinski definition) is 4. The Kier molecular flexibility index (Phi) is 3.53. The van der Waals surface area contributed by atoms with E-state index < -0.39 is 5.91 Å². The summed E-state index contributed by atoms with van der Waals surface area (Å²) in [5.41, 5.74) is 15.1. The SMILES string of the molecule is NC(=O)c1cccc(CSc2nc3ccc(N)cc3[nH]2)c1. The molecular formula is C15H14N4OS. The van der Waals surface area contributed by atoms with Crippen molar-refractivity contribution >= 4 is 34.4 Å². The van der Waals surface area contributed by atoms with Crippen LogP contribution < -0.4 is 11.5 Å². The number of nitrogens with one attached hydrogen (secondary N) is 1. The van der Waals surface area contributed by atoms with E-state index in [1.54, 1.807) is 23.9 Å². The van der Waals surface area contributed by atoms with Gasteiger partial charge < -0.3 is 16.5 Å². The summed E-state index contributed by atoms with van der Waals surface area (Å²) in [5, 5.41) is 0.820. The van der Waals surface area contributed by atoms with Gasteiger partial charge in [0.2, 0.25) is 5.91 Å². The zero-order valence-corrected chi connectivity index (χ0v) is 12.0. The molecule has 2 aromatic carbocycles. The maximum absolute atomic E-state index is 11.2. The summed E-state index contributed by atoms with van der Waals surface area (Å²) in [6, 6.07) is 12.9. The molecule has 1 aromatic heterocycles. The minimum absolute atomic E-state index is 0.416. The lowest BCUT2D eigenvalue weighted by atomic mass is 10.1. The highest BCUT2D eigenvalue weighted by Gasteiger charge is 2.06. The number of imidazole rings is 1. The average Bonchev–Trinajstić information content (AvgIpc) is 2.87. The van der Waals surface area contributed by atoms with Gasteiger partial charge in [-0.15, -0.1) is 0 Å². The van der Waals surface area contributed by atoms with Crippen molar-refractivity contribution in [1.29, 1.82) is 0 Å². The molecule has 3 aromatic rings. The zero-order chi connectivity index (χ0) is 14.8. The van der Waals surface area contributed by atoms with Crippen LogP contribution in [-0.4, -0.2) is 15.9 Å². The van der Waals surface area contributed by atoms with Crippen molar-refractivity contribution in [2.75, 3.05) is 5.73 Å². The molecule has 0 atom stereocenters. The van der Waals surface area contributed by atoms with E-state index in [2.05, 4.69) is 9.97 Å². The number of amides is 1. The van der Waals surface area contributed by atoms with Crippen molar-refractivity contribution in [2.45, 2.75) is 10.9 Å². The van der Waals surface area contributed by atoms with Gasteiger partial charge >= 0.3 is 0 Å². The van der Waals surface area contributed by atoms with Gasteiger partial charge in [-0.3, -0.25) is 4.79 Å². The number of carbonyl (C=O) groups is 1. The first-order chi connectivity index (χ1) is 10.1. The lowest BCUT2D eigenvalue weighted by Gasteiger charge is -2.01. The van der Waals surface area contributed by atoms with E-state index in [0.29, 0.717) is 17.0 Å². The normalized spacial score (nSPS) is 10.9. The molecule has 21 heavy (non-hydrogen) atoms. The molecule has 6 heteroatoms. The fourth-order valence-electron chi connectivity index (χ4n) is 2.04. The van der Waals surface area contributed by atoms with Crippen LogP contribution in [0.15, 0.2) is 47.6 Å².